The van der Waals surface area contributed by atoms with Crippen LogP contribution >= 0.6 is 0 Å². The Morgan fingerprint density at radius 1 is 1.37 bits per heavy atom. The van der Waals surface area contributed by atoms with Crippen molar-refractivity contribution in [3.8, 4) is 0 Å². The molecule has 0 bridgehead atoms. The number of nitrogens with one attached hydrogen (secondary N) is 1. The van der Waals surface area contributed by atoms with Crippen molar-refractivity contribution >= 4 is 11.6 Å². The first kappa shape index (κ1) is 14.1. The van der Waals surface area contributed by atoms with Gasteiger partial charge in [0.15, 0.2) is 0 Å². The van der Waals surface area contributed by atoms with E-state index in [-0.39, 0.29) is 0 Å². The molecule has 1 aromatic rings. The lowest BCUT2D eigenvalue weighted by molar-refractivity contribution is 0.385. The van der Waals surface area contributed by atoms with Gasteiger partial charge in [-0.2, -0.15) is 0 Å². The van der Waals surface area contributed by atoms with Crippen molar-refractivity contribution < 1.29 is 0 Å². The van der Waals surface area contributed by atoms with Crippen molar-refractivity contribution in [3.05, 3.63) is 12.4 Å². The maximum absolute atomic E-state index is 5.63. The molecule has 0 spiro atoms. The minimum atomic E-state index is 0.792. The predicted octanol–water partition coefficient (Wildman–Crippen LogP) is 1.86. The summed E-state index contributed by atoms with van der Waals surface area (Å²) in [5.74, 6) is 2.76. The molecule has 2 rings (SSSR count). The van der Waals surface area contributed by atoms with Gasteiger partial charge < -0.3 is 16.0 Å². The average molecular weight is 263 g/mol. The third kappa shape index (κ3) is 4.06. The van der Waals surface area contributed by atoms with Gasteiger partial charge in [0.1, 0.15) is 18.0 Å². The van der Waals surface area contributed by atoms with Gasteiger partial charge in [0.2, 0.25) is 0 Å². The van der Waals surface area contributed by atoms with E-state index >= 15 is 0 Å². The van der Waals surface area contributed by atoms with Crippen LogP contribution in [0.2, 0.25) is 0 Å². The summed E-state index contributed by atoms with van der Waals surface area (Å²) >= 11 is 0. The molecule has 0 aliphatic carbocycles. The van der Waals surface area contributed by atoms with E-state index in [9.17, 15) is 0 Å². The molecule has 0 amide bonds. The number of nitrogens with two attached hydrogens (primary N) is 1. The summed E-state index contributed by atoms with van der Waals surface area (Å²) < 4.78 is 0. The molecule has 1 aromatic heterocycles. The van der Waals surface area contributed by atoms with E-state index in [1.165, 1.54) is 12.8 Å². The van der Waals surface area contributed by atoms with E-state index < -0.39 is 0 Å². The highest BCUT2D eigenvalue weighted by Gasteiger charge is 2.19. The van der Waals surface area contributed by atoms with Crippen molar-refractivity contribution in [1.29, 1.82) is 0 Å². The maximum Gasteiger partial charge on any atom is 0.134 e. The largest absolute Gasteiger partial charge is 0.370 e. The van der Waals surface area contributed by atoms with Gasteiger partial charge in [-0.05, 0) is 38.1 Å². The minimum Gasteiger partial charge on any atom is -0.370 e. The SMILES string of the molecule is CCCNc1cc(N2CCC(CCN)CC2)ncn1. The van der Waals surface area contributed by atoms with Crippen LogP contribution in [0.4, 0.5) is 11.6 Å². The molecule has 0 unspecified atom stereocenters. The summed E-state index contributed by atoms with van der Waals surface area (Å²) in [4.78, 5) is 11.0. The molecule has 0 radical (unpaired) electrons. The number of anilines is 2. The first-order chi connectivity index (χ1) is 9.33. The van der Waals surface area contributed by atoms with Crippen LogP contribution in [0.15, 0.2) is 12.4 Å². The first-order valence-electron chi connectivity index (χ1n) is 7.34. The Balaban J connectivity index is 1.91. The van der Waals surface area contributed by atoms with Crippen LogP contribution in [0, 0.1) is 5.92 Å². The fourth-order valence-corrected chi connectivity index (χ4v) is 2.56. The fraction of sp³-hybridized carbons (Fsp3) is 0.714. The molecule has 1 aliphatic heterocycles. The van der Waals surface area contributed by atoms with E-state index in [4.69, 9.17) is 5.73 Å². The molecule has 5 nitrogen and oxygen atoms in total. The number of nitrogens with zero attached hydrogens (tertiary/aromatic N) is 3. The Hall–Kier alpha value is -1.36. The van der Waals surface area contributed by atoms with Gasteiger partial charge in [-0.3, -0.25) is 0 Å². The zero-order valence-electron chi connectivity index (χ0n) is 11.8. The number of aromatic nitrogens is 2. The van der Waals surface area contributed by atoms with Crippen LogP contribution in [-0.4, -0.2) is 36.1 Å². The van der Waals surface area contributed by atoms with E-state index in [0.29, 0.717) is 0 Å². The molecule has 2 heterocycles. The van der Waals surface area contributed by atoms with Gasteiger partial charge in [0.05, 0.1) is 0 Å². The van der Waals surface area contributed by atoms with Crippen molar-refractivity contribution in [2.45, 2.75) is 32.6 Å². The normalized spacial score (nSPS) is 16.6. The second-order valence-electron chi connectivity index (χ2n) is 5.20. The van der Waals surface area contributed by atoms with Crippen molar-refractivity contribution in [2.24, 2.45) is 11.7 Å². The molecule has 5 heteroatoms. The Kier molecular flexibility index (Phi) is 5.39. The summed E-state index contributed by atoms with van der Waals surface area (Å²) in [5.41, 5.74) is 5.63. The molecule has 0 atom stereocenters. The average Bonchev–Trinajstić information content (AvgIpc) is 2.46. The lowest BCUT2D eigenvalue weighted by Crippen LogP contribution is -2.34. The summed E-state index contributed by atoms with van der Waals surface area (Å²) in [6.45, 7) is 6.07. The van der Waals surface area contributed by atoms with Crippen LogP contribution in [0.25, 0.3) is 0 Å². The smallest absolute Gasteiger partial charge is 0.134 e. The monoisotopic (exact) mass is 263 g/mol. The van der Waals surface area contributed by atoms with Gasteiger partial charge in [0, 0.05) is 25.7 Å². The molecule has 19 heavy (non-hydrogen) atoms. The van der Waals surface area contributed by atoms with E-state index in [1.807, 2.05) is 0 Å². The highest BCUT2D eigenvalue weighted by molar-refractivity contribution is 5.48. The van der Waals surface area contributed by atoms with E-state index in [0.717, 1.165) is 56.6 Å². The highest BCUT2D eigenvalue weighted by atomic mass is 15.2. The number of rotatable bonds is 6. The van der Waals surface area contributed by atoms with Crippen molar-refractivity contribution in [2.75, 3.05) is 36.4 Å². The Morgan fingerprint density at radius 3 is 2.84 bits per heavy atom. The molecule has 1 fully saturated rings. The topological polar surface area (TPSA) is 67.1 Å². The molecule has 1 saturated heterocycles. The van der Waals surface area contributed by atoms with Gasteiger partial charge in [0.25, 0.3) is 0 Å². The standard InChI is InChI=1S/C14H25N5/c1-2-7-16-13-10-14(18-11-17-13)19-8-4-12(3-6-15)5-9-19/h10-12H,2-9,15H2,1H3,(H,16,17,18). The van der Waals surface area contributed by atoms with Gasteiger partial charge in [-0.25, -0.2) is 9.97 Å². The summed E-state index contributed by atoms with van der Waals surface area (Å²) in [6, 6.07) is 2.05. The molecule has 106 valence electrons. The molecule has 0 saturated carbocycles. The Labute approximate surface area is 115 Å². The van der Waals surface area contributed by atoms with E-state index in [1.54, 1.807) is 6.33 Å². The lowest BCUT2D eigenvalue weighted by atomic mass is 9.94. The third-order valence-corrected chi connectivity index (χ3v) is 3.72. The van der Waals surface area contributed by atoms with Crippen LogP contribution in [0.5, 0.6) is 0 Å². The second kappa shape index (κ2) is 7.28. The summed E-state index contributed by atoms with van der Waals surface area (Å²) in [7, 11) is 0. The van der Waals surface area contributed by atoms with Crippen LogP contribution in [0.1, 0.15) is 32.6 Å². The first-order valence-corrected chi connectivity index (χ1v) is 7.34. The summed E-state index contributed by atoms with van der Waals surface area (Å²) in [6.07, 6.45) is 6.35. The van der Waals surface area contributed by atoms with Gasteiger partial charge in [-0.15, -0.1) is 0 Å². The minimum absolute atomic E-state index is 0.792. The van der Waals surface area contributed by atoms with Crippen molar-refractivity contribution in [1.82, 2.24) is 9.97 Å². The Bertz CT molecular complexity index is 374. The zero-order valence-corrected chi connectivity index (χ0v) is 11.8. The molecular formula is C14H25N5. The quantitative estimate of drug-likeness (QED) is 0.820. The molecule has 0 aromatic carbocycles. The van der Waals surface area contributed by atoms with Crippen molar-refractivity contribution in [3.63, 3.8) is 0 Å². The maximum atomic E-state index is 5.63. The fourth-order valence-electron chi connectivity index (χ4n) is 2.56. The summed E-state index contributed by atoms with van der Waals surface area (Å²) in [5, 5.41) is 3.31. The van der Waals surface area contributed by atoms with Crippen LogP contribution in [0.3, 0.4) is 0 Å². The zero-order chi connectivity index (χ0) is 13.5. The highest BCUT2D eigenvalue weighted by Crippen LogP contribution is 2.24. The number of hydrogen-bond donors (Lipinski definition) is 2. The molecule has 3 N–H and O–H groups in total. The van der Waals surface area contributed by atoms with E-state index in [2.05, 4.69) is 33.2 Å². The van der Waals surface area contributed by atoms with Crippen LogP contribution in [-0.2, 0) is 0 Å². The number of hydrogen-bond acceptors (Lipinski definition) is 5. The second-order valence-corrected chi connectivity index (χ2v) is 5.20. The third-order valence-electron chi connectivity index (χ3n) is 3.72. The van der Waals surface area contributed by atoms with Gasteiger partial charge >= 0.3 is 0 Å². The molecular weight excluding hydrogens is 238 g/mol. The van der Waals surface area contributed by atoms with Crippen LogP contribution < -0.4 is 16.0 Å². The Morgan fingerprint density at radius 2 is 2.16 bits per heavy atom. The molecule has 1 aliphatic rings. The number of piperidine rings is 1. The predicted molar refractivity (Wildman–Crippen MR) is 79.4 cm³/mol. The van der Waals surface area contributed by atoms with Gasteiger partial charge in [-0.1, -0.05) is 6.92 Å². The lowest BCUT2D eigenvalue weighted by Gasteiger charge is -2.32.